The molecule has 0 saturated carbocycles. The first-order valence-corrected chi connectivity index (χ1v) is 10.9. The number of nitrogens with one attached hydrogen (secondary N) is 1. The lowest BCUT2D eigenvalue weighted by Crippen LogP contribution is -2.44. The van der Waals surface area contributed by atoms with Crippen LogP contribution in [-0.4, -0.2) is 64.0 Å². The number of pyridine rings is 2. The van der Waals surface area contributed by atoms with Crippen LogP contribution in [0.5, 0.6) is 5.88 Å². The SMILES string of the molecule is CN1CCN(c2ccc(N=Cc3c(O)[nH]c(=O)c4ccc(-c5cccn5C)cc34)cn2)CC1. The van der Waals surface area contributed by atoms with E-state index in [4.69, 9.17) is 0 Å². The molecule has 0 amide bonds. The number of likely N-dealkylation sites (N-methyl/N-ethyl adjacent to an activating group) is 1. The number of hydrogen-bond acceptors (Lipinski definition) is 6. The van der Waals surface area contributed by atoms with E-state index >= 15 is 0 Å². The van der Waals surface area contributed by atoms with Gasteiger partial charge >= 0.3 is 0 Å². The molecule has 0 radical (unpaired) electrons. The fraction of sp³-hybridized carbons (Fsp3) is 0.240. The number of aromatic hydroxyl groups is 1. The minimum Gasteiger partial charge on any atom is -0.494 e. The molecule has 5 rings (SSSR count). The number of aliphatic imine (C=N–C) groups is 1. The van der Waals surface area contributed by atoms with Crippen molar-refractivity contribution >= 4 is 28.5 Å². The van der Waals surface area contributed by atoms with E-state index in [1.54, 1.807) is 18.5 Å². The first kappa shape index (κ1) is 21.0. The van der Waals surface area contributed by atoms with Crippen LogP contribution in [0.1, 0.15) is 5.56 Å². The molecule has 4 aromatic rings. The molecule has 2 N–H and O–H groups in total. The Morgan fingerprint density at radius 1 is 1.06 bits per heavy atom. The van der Waals surface area contributed by atoms with Gasteiger partial charge in [0.1, 0.15) is 5.82 Å². The number of hydrogen-bond donors (Lipinski definition) is 2. The van der Waals surface area contributed by atoms with Gasteiger partial charge in [-0.05, 0) is 49.0 Å². The first-order valence-electron chi connectivity index (χ1n) is 10.9. The van der Waals surface area contributed by atoms with E-state index in [9.17, 15) is 9.90 Å². The molecule has 1 saturated heterocycles. The lowest BCUT2D eigenvalue weighted by Gasteiger charge is -2.33. The van der Waals surface area contributed by atoms with E-state index in [0.717, 1.165) is 43.3 Å². The highest BCUT2D eigenvalue weighted by Crippen LogP contribution is 2.28. The summed E-state index contributed by atoms with van der Waals surface area (Å²) in [6.07, 6.45) is 5.27. The molecule has 0 atom stereocenters. The molecule has 168 valence electrons. The van der Waals surface area contributed by atoms with Crippen molar-refractivity contribution in [2.24, 2.45) is 12.0 Å². The average Bonchev–Trinajstić information content (AvgIpc) is 3.25. The van der Waals surface area contributed by atoms with Crippen LogP contribution < -0.4 is 10.5 Å². The number of anilines is 1. The van der Waals surface area contributed by atoms with Gasteiger partial charge in [-0.25, -0.2) is 4.98 Å². The Hall–Kier alpha value is -3.91. The lowest BCUT2D eigenvalue weighted by atomic mass is 10.0. The summed E-state index contributed by atoms with van der Waals surface area (Å²) in [4.78, 5) is 28.6. The predicted octanol–water partition coefficient (Wildman–Crippen LogP) is 3.14. The second-order valence-corrected chi connectivity index (χ2v) is 8.40. The molecule has 0 aliphatic carbocycles. The number of fused-ring (bicyclic) bond motifs is 1. The van der Waals surface area contributed by atoms with Crippen molar-refractivity contribution in [3.05, 3.63) is 70.8 Å². The van der Waals surface area contributed by atoms with Crippen molar-refractivity contribution in [1.29, 1.82) is 0 Å². The number of aromatic nitrogens is 3. The number of aromatic amines is 1. The van der Waals surface area contributed by atoms with Gasteiger partial charge < -0.3 is 19.5 Å². The molecule has 0 bridgehead atoms. The van der Waals surface area contributed by atoms with Crippen molar-refractivity contribution in [2.45, 2.75) is 0 Å². The number of benzene rings is 1. The second-order valence-electron chi connectivity index (χ2n) is 8.40. The number of nitrogens with zero attached hydrogens (tertiary/aromatic N) is 5. The van der Waals surface area contributed by atoms with Crippen LogP contribution in [0.15, 0.2) is 64.6 Å². The van der Waals surface area contributed by atoms with E-state index in [2.05, 4.69) is 31.8 Å². The zero-order chi connectivity index (χ0) is 22.9. The maximum absolute atomic E-state index is 12.4. The van der Waals surface area contributed by atoms with Crippen LogP contribution in [0.25, 0.3) is 22.0 Å². The molecular weight excluding hydrogens is 416 g/mol. The van der Waals surface area contributed by atoms with Crippen LogP contribution in [0.4, 0.5) is 11.5 Å². The third-order valence-electron chi connectivity index (χ3n) is 6.18. The van der Waals surface area contributed by atoms with Crippen LogP contribution in [0, 0.1) is 0 Å². The number of piperazine rings is 1. The third kappa shape index (κ3) is 4.12. The minimum absolute atomic E-state index is 0.206. The summed E-state index contributed by atoms with van der Waals surface area (Å²) >= 11 is 0. The second kappa shape index (κ2) is 8.55. The maximum atomic E-state index is 12.4. The van der Waals surface area contributed by atoms with Gasteiger partial charge in [0.25, 0.3) is 5.56 Å². The summed E-state index contributed by atoms with van der Waals surface area (Å²) in [5.74, 6) is 0.730. The highest BCUT2D eigenvalue weighted by atomic mass is 16.3. The smallest absolute Gasteiger partial charge is 0.258 e. The first-order chi connectivity index (χ1) is 16.0. The van der Waals surface area contributed by atoms with Gasteiger partial charge in [-0.2, -0.15) is 0 Å². The van der Waals surface area contributed by atoms with Gasteiger partial charge in [0.05, 0.1) is 17.4 Å². The quantitative estimate of drug-likeness (QED) is 0.474. The molecule has 1 aliphatic heterocycles. The van der Waals surface area contributed by atoms with Crippen molar-refractivity contribution in [2.75, 3.05) is 38.1 Å². The van der Waals surface area contributed by atoms with Crippen LogP contribution in [-0.2, 0) is 7.05 Å². The average molecular weight is 443 g/mol. The zero-order valence-electron chi connectivity index (χ0n) is 18.7. The van der Waals surface area contributed by atoms with Crippen LogP contribution in [0.2, 0.25) is 0 Å². The zero-order valence-corrected chi connectivity index (χ0v) is 18.7. The lowest BCUT2D eigenvalue weighted by molar-refractivity contribution is 0.312. The Morgan fingerprint density at radius 3 is 2.58 bits per heavy atom. The highest BCUT2D eigenvalue weighted by molar-refractivity contribution is 6.03. The molecule has 0 unspecified atom stereocenters. The third-order valence-corrected chi connectivity index (χ3v) is 6.18. The topological polar surface area (TPSA) is 89.8 Å². The van der Waals surface area contributed by atoms with Crippen molar-refractivity contribution in [1.82, 2.24) is 19.4 Å². The molecule has 8 nitrogen and oxygen atoms in total. The molecule has 8 heteroatoms. The standard InChI is InChI=1S/C25H26N6O2/c1-29-10-12-31(13-11-29)23-8-6-18(15-27-23)26-16-21-20-14-17(22-4-3-9-30(22)2)5-7-19(20)24(32)28-25(21)33/h3-9,14-16H,10-13H2,1-2H3,(H2,28,32,33). The van der Waals surface area contributed by atoms with Crippen LogP contribution >= 0.6 is 0 Å². The van der Waals surface area contributed by atoms with E-state index in [1.165, 1.54) is 0 Å². The van der Waals surface area contributed by atoms with Gasteiger partial charge in [0.2, 0.25) is 5.88 Å². The van der Waals surface area contributed by atoms with E-state index < -0.39 is 0 Å². The Labute approximate surface area is 191 Å². The number of H-pyrrole nitrogens is 1. The number of rotatable bonds is 4. The molecule has 3 aromatic heterocycles. The highest BCUT2D eigenvalue weighted by Gasteiger charge is 2.15. The summed E-state index contributed by atoms with van der Waals surface area (Å²) in [6, 6.07) is 13.5. The van der Waals surface area contributed by atoms with Gasteiger partial charge in [-0.1, -0.05) is 6.07 Å². The summed E-state index contributed by atoms with van der Waals surface area (Å²) in [5, 5.41) is 11.6. The Morgan fingerprint density at radius 2 is 1.88 bits per heavy atom. The van der Waals surface area contributed by atoms with Gasteiger partial charge in [0.15, 0.2) is 0 Å². The Balaban J connectivity index is 1.48. The van der Waals surface area contributed by atoms with Crippen molar-refractivity contribution in [3.63, 3.8) is 0 Å². The number of aryl methyl sites for hydroxylation is 1. The normalized spacial score (nSPS) is 15.0. The molecule has 33 heavy (non-hydrogen) atoms. The Kier molecular flexibility index (Phi) is 5.43. The van der Waals surface area contributed by atoms with Gasteiger partial charge in [-0.3, -0.25) is 14.8 Å². The van der Waals surface area contributed by atoms with Gasteiger partial charge in [0, 0.05) is 62.1 Å². The largest absolute Gasteiger partial charge is 0.494 e. The summed E-state index contributed by atoms with van der Waals surface area (Å²) in [5.41, 5.74) is 2.77. The predicted molar refractivity (Wildman–Crippen MR) is 132 cm³/mol. The molecular formula is C25H26N6O2. The van der Waals surface area contributed by atoms with E-state index in [0.29, 0.717) is 22.0 Å². The maximum Gasteiger partial charge on any atom is 0.258 e. The van der Waals surface area contributed by atoms with E-state index in [1.807, 2.05) is 54.2 Å². The van der Waals surface area contributed by atoms with Crippen molar-refractivity contribution in [3.8, 4) is 17.1 Å². The molecule has 4 heterocycles. The molecule has 0 spiro atoms. The molecule has 1 fully saturated rings. The fourth-order valence-corrected chi connectivity index (χ4v) is 4.20. The fourth-order valence-electron chi connectivity index (χ4n) is 4.20. The minimum atomic E-state index is -0.337. The Bertz CT molecular complexity index is 1380. The van der Waals surface area contributed by atoms with Gasteiger partial charge in [-0.15, -0.1) is 0 Å². The summed E-state index contributed by atoms with van der Waals surface area (Å²) in [6.45, 7) is 3.94. The summed E-state index contributed by atoms with van der Waals surface area (Å²) < 4.78 is 2.01. The van der Waals surface area contributed by atoms with Crippen molar-refractivity contribution < 1.29 is 5.11 Å². The molecule has 1 aliphatic rings. The summed E-state index contributed by atoms with van der Waals surface area (Å²) in [7, 11) is 4.09. The van der Waals surface area contributed by atoms with Crippen LogP contribution in [0.3, 0.4) is 0 Å². The molecule has 1 aromatic carbocycles. The monoisotopic (exact) mass is 442 g/mol. The van der Waals surface area contributed by atoms with E-state index in [-0.39, 0.29) is 11.4 Å².